The fourth-order valence-corrected chi connectivity index (χ4v) is 2.46. The van der Waals surface area contributed by atoms with Gasteiger partial charge in [0.25, 0.3) is 5.69 Å². The minimum Gasteiger partial charge on any atom is -0.366 e. The molecule has 0 bridgehead atoms. The van der Waals surface area contributed by atoms with Gasteiger partial charge in [-0.25, -0.2) is 0 Å². The van der Waals surface area contributed by atoms with Crippen molar-refractivity contribution in [2.45, 2.75) is 0 Å². The number of nitro benzene ring substituents is 1. The van der Waals surface area contributed by atoms with Gasteiger partial charge < -0.3 is 5.73 Å². The molecule has 0 atom stereocenters. The van der Waals surface area contributed by atoms with E-state index < -0.39 is 10.8 Å². The van der Waals surface area contributed by atoms with Gasteiger partial charge in [0, 0.05) is 29.5 Å². The first-order valence-corrected chi connectivity index (χ1v) is 7.16. The second kappa shape index (κ2) is 6.29. The Balaban J connectivity index is 2.04. The minimum atomic E-state index is -0.501. The van der Waals surface area contributed by atoms with Crippen LogP contribution in [0.25, 0.3) is 22.4 Å². The number of non-ortho nitro benzene ring substituents is 1. The van der Waals surface area contributed by atoms with Crippen LogP contribution in [-0.4, -0.2) is 15.8 Å². The molecule has 1 heterocycles. The van der Waals surface area contributed by atoms with E-state index >= 15 is 0 Å². The highest BCUT2D eigenvalue weighted by atomic mass is 16.6. The van der Waals surface area contributed by atoms with Crippen molar-refractivity contribution in [2.75, 3.05) is 0 Å². The van der Waals surface area contributed by atoms with Crippen molar-refractivity contribution >= 4 is 11.6 Å². The average molecular weight is 319 g/mol. The molecule has 2 aromatic carbocycles. The Labute approximate surface area is 137 Å². The lowest BCUT2D eigenvalue weighted by molar-refractivity contribution is -0.384. The summed E-state index contributed by atoms with van der Waals surface area (Å²) in [7, 11) is 0. The predicted molar refractivity (Wildman–Crippen MR) is 90.3 cm³/mol. The SMILES string of the molecule is NC(=O)c1ccccc1-c1ccnc(-c2ccc([N+](=O)[O-])cc2)c1. The predicted octanol–water partition coefficient (Wildman–Crippen LogP) is 3.42. The molecule has 0 aliphatic heterocycles. The number of benzene rings is 2. The number of hydrogen-bond acceptors (Lipinski definition) is 4. The molecule has 0 radical (unpaired) electrons. The number of hydrogen-bond donors (Lipinski definition) is 1. The zero-order valence-electron chi connectivity index (χ0n) is 12.5. The van der Waals surface area contributed by atoms with Crippen LogP contribution in [0.4, 0.5) is 5.69 Å². The number of nitrogens with two attached hydrogens (primary N) is 1. The fourth-order valence-electron chi connectivity index (χ4n) is 2.46. The van der Waals surface area contributed by atoms with E-state index in [2.05, 4.69) is 4.98 Å². The number of nitro groups is 1. The summed E-state index contributed by atoms with van der Waals surface area (Å²) in [5.41, 5.74) is 8.80. The van der Waals surface area contributed by atoms with Crippen LogP contribution in [0.15, 0.2) is 66.9 Å². The maximum absolute atomic E-state index is 11.6. The van der Waals surface area contributed by atoms with Gasteiger partial charge in [-0.05, 0) is 41.5 Å². The number of aromatic nitrogens is 1. The lowest BCUT2D eigenvalue weighted by Gasteiger charge is -2.08. The molecule has 1 amide bonds. The van der Waals surface area contributed by atoms with Crippen molar-refractivity contribution in [3.8, 4) is 22.4 Å². The summed E-state index contributed by atoms with van der Waals surface area (Å²) in [5, 5.41) is 10.7. The molecule has 6 heteroatoms. The highest BCUT2D eigenvalue weighted by Crippen LogP contribution is 2.27. The van der Waals surface area contributed by atoms with E-state index in [0.29, 0.717) is 11.3 Å². The van der Waals surface area contributed by atoms with Gasteiger partial charge in [0.2, 0.25) is 5.91 Å². The Morgan fingerprint density at radius 3 is 2.38 bits per heavy atom. The molecular weight excluding hydrogens is 306 g/mol. The standard InChI is InChI=1S/C18H13N3O3/c19-18(22)16-4-2-1-3-15(16)13-9-10-20-17(11-13)12-5-7-14(8-6-12)21(23)24/h1-11H,(H2,19,22). The lowest BCUT2D eigenvalue weighted by atomic mass is 9.98. The Kier molecular flexibility index (Phi) is 4.03. The van der Waals surface area contributed by atoms with Crippen LogP contribution >= 0.6 is 0 Å². The third kappa shape index (κ3) is 2.98. The number of rotatable bonds is 4. The zero-order chi connectivity index (χ0) is 17.1. The van der Waals surface area contributed by atoms with E-state index in [1.165, 1.54) is 12.1 Å². The third-order valence-electron chi connectivity index (χ3n) is 3.64. The maximum Gasteiger partial charge on any atom is 0.269 e. The highest BCUT2D eigenvalue weighted by Gasteiger charge is 2.11. The van der Waals surface area contributed by atoms with Crippen LogP contribution in [0.5, 0.6) is 0 Å². The molecule has 118 valence electrons. The summed E-state index contributed by atoms with van der Waals surface area (Å²) in [6.45, 7) is 0. The number of primary amides is 1. The van der Waals surface area contributed by atoms with E-state index in [0.717, 1.165) is 16.7 Å². The van der Waals surface area contributed by atoms with Crippen molar-refractivity contribution in [1.29, 1.82) is 0 Å². The molecule has 24 heavy (non-hydrogen) atoms. The topological polar surface area (TPSA) is 99.1 Å². The second-order valence-electron chi connectivity index (χ2n) is 5.14. The number of carbonyl (C=O) groups is 1. The molecule has 0 unspecified atom stereocenters. The van der Waals surface area contributed by atoms with Crippen molar-refractivity contribution in [3.63, 3.8) is 0 Å². The van der Waals surface area contributed by atoms with E-state index in [4.69, 9.17) is 5.73 Å². The molecule has 0 fully saturated rings. The number of pyridine rings is 1. The fraction of sp³-hybridized carbons (Fsp3) is 0. The molecule has 6 nitrogen and oxygen atoms in total. The summed E-state index contributed by atoms with van der Waals surface area (Å²) in [5.74, 6) is -0.501. The summed E-state index contributed by atoms with van der Waals surface area (Å²) >= 11 is 0. The van der Waals surface area contributed by atoms with E-state index in [-0.39, 0.29) is 5.69 Å². The quantitative estimate of drug-likeness (QED) is 0.588. The van der Waals surface area contributed by atoms with Crippen LogP contribution in [-0.2, 0) is 0 Å². The van der Waals surface area contributed by atoms with Gasteiger partial charge in [0.1, 0.15) is 0 Å². The lowest BCUT2D eigenvalue weighted by Crippen LogP contribution is -2.12. The van der Waals surface area contributed by atoms with Gasteiger partial charge in [-0.1, -0.05) is 18.2 Å². The molecule has 0 aliphatic carbocycles. The van der Waals surface area contributed by atoms with E-state index in [1.54, 1.807) is 36.5 Å². The van der Waals surface area contributed by atoms with Gasteiger partial charge >= 0.3 is 0 Å². The zero-order valence-corrected chi connectivity index (χ0v) is 12.5. The van der Waals surface area contributed by atoms with Crippen molar-refractivity contribution < 1.29 is 9.72 Å². The molecule has 3 aromatic rings. The second-order valence-corrected chi connectivity index (χ2v) is 5.14. The number of amides is 1. The van der Waals surface area contributed by atoms with Gasteiger partial charge in [0.15, 0.2) is 0 Å². The van der Waals surface area contributed by atoms with Gasteiger partial charge in [-0.2, -0.15) is 0 Å². The molecule has 0 saturated heterocycles. The van der Waals surface area contributed by atoms with Crippen molar-refractivity contribution in [1.82, 2.24) is 4.98 Å². The smallest absolute Gasteiger partial charge is 0.269 e. The first kappa shape index (κ1) is 15.4. The van der Waals surface area contributed by atoms with Crippen LogP contribution < -0.4 is 5.73 Å². The number of nitrogens with zero attached hydrogens (tertiary/aromatic N) is 2. The Morgan fingerprint density at radius 2 is 1.71 bits per heavy atom. The maximum atomic E-state index is 11.6. The van der Waals surface area contributed by atoms with Crippen molar-refractivity contribution in [2.24, 2.45) is 5.73 Å². The van der Waals surface area contributed by atoms with Crippen LogP contribution in [0, 0.1) is 10.1 Å². The van der Waals surface area contributed by atoms with Gasteiger partial charge in [-0.3, -0.25) is 19.9 Å². The average Bonchev–Trinajstić information content (AvgIpc) is 2.62. The van der Waals surface area contributed by atoms with Gasteiger partial charge in [-0.15, -0.1) is 0 Å². The molecule has 3 rings (SSSR count). The normalized spacial score (nSPS) is 10.3. The van der Waals surface area contributed by atoms with Crippen LogP contribution in [0.1, 0.15) is 10.4 Å². The highest BCUT2D eigenvalue weighted by molar-refractivity contribution is 6.00. The Morgan fingerprint density at radius 1 is 1.00 bits per heavy atom. The number of carbonyl (C=O) groups excluding carboxylic acids is 1. The molecule has 0 spiro atoms. The molecule has 0 saturated carbocycles. The molecular formula is C18H13N3O3. The Bertz CT molecular complexity index is 921. The summed E-state index contributed by atoms with van der Waals surface area (Å²) in [6, 6.07) is 16.8. The monoisotopic (exact) mass is 319 g/mol. The summed E-state index contributed by atoms with van der Waals surface area (Å²) < 4.78 is 0. The van der Waals surface area contributed by atoms with Gasteiger partial charge in [0.05, 0.1) is 10.6 Å². The third-order valence-corrected chi connectivity index (χ3v) is 3.64. The van der Waals surface area contributed by atoms with E-state index in [1.807, 2.05) is 18.2 Å². The molecule has 0 aliphatic rings. The largest absolute Gasteiger partial charge is 0.366 e. The van der Waals surface area contributed by atoms with E-state index in [9.17, 15) is 14.9 Å². The first-order valence-electron chi connectivity index (χ1n) is 7.16. The molecule has 1 aromatic heterocycles. The minimum absolute atomic E-state index is 0.0222. The molecule has 2 N–H and O–H groups in total. The van der Waals surface area contributed by atoms with Crippen molar-refractivity contribution in [3.05, 3.63) is 82.5 Å². The summed E-state index contributed by atoms with van der Waals surface area (Å²) in [4.78, 5) is 26.2. The Hall–Kier alpha value is -3.54. The first-order chi connectivity index (χ1) is 11.6. The summed E-state index contributed by atoms with van der Waals surface area (Å²) in [6.07, 6.45) is 1.63. The van der Waals surface area contributed by atoms with Crippen LogP contribution in [0.2, 0.25) is 0 Å². The van der Waals surface area contributed by atoms with Crippen LogP contribution in [0.3, 0.4) is 0 Å².